The van der Waals surface area contributed by atoms with Gasteiger partial charge in [0.05, 0.1) is 18.0 Å². The number of rotatable bonds is 6. The molecule has 1 amide bonds. The zero-order valence-corrected chi connectivity index (χ0v) is 11.5. The quantitative estimate of drug-likeness (QED) is 0.758. The number of ether oxygens (including phenoxy) is 1. The minimum absolute atomic E-state index is 0.0938. The number of nitrogens with zero attached hydrogens (tertiary/aromatic N) is 1. The van der Waals surface area contributed by atoms with Crippen molar-refractivity contribution in [3.8, 4) is 0 Å². The highest BCUT2D eigenvalue weighted by molar-refractivity contribution is 5.96. The Morgan fingerprint density at radius 3 is 2.84 bits per heavy atom. The number of hydrogen-bond acceptors (Lipinski definition) is 4. The van der Waals surface area contributed by atoms with Crippen LogP contribution in [0.15, 0.2) is 18.2 Å². The number of nitrogens with one attached hydrogen (secondary N) is 1. The number of nitrogen functional groups attached to an aromatic ring is 1. The molecule has 104 valence electrons. The highest BCUT2D eigenvalue weighted by Gasteiger charge is 2.30. The predicted molar refractivity (Wildman–Crippen MR) is 76.5 cm³/mol. The summed E-state index contributed by atoms with van der Waals surface area (Å²) in [5.74, 6) is -0.0938. The summed E-state index contributed by atoms with van der Waals surface area (Å²) in [5.41, 5.74) is 8.32. The third kappa shape index (κ3) is 3.17. The molecule has 19 heavy (non-hydrogen) atoms. The Bertz CT molecular complexity index is 458. The van der Waals surface area contributed by atoms with Gasteiger partial charge in [0.2, 0.25) is 0 Å². The van der Waals surface area contributed by atoms with Crippen LogP contribution in [-0.2, 0) is 4.74 Å². The summed E-state index contributed by atoms with van der Waals surface area (Å²) in [4.78, 5) is 13.9. The Balaban J connectivity index is 2.26. The van der Waals surface area contributed by atoms with Gasteiger partial charge in [0.15, 0.2) is 0 Å². The molecule has 1 aliphatic rings. The number of benzene rings is 1. The van der Waals surface area contributed by atoms with Crippen LogP contribution >= 0.6 is 0 Å². The van der Waals surface area contributed by atoms with E-state index in [2.05, 4.69) is 10.2 Å². The number of carbonyl (C=O) groups is 1. The zero-order valence-electron chi connectivity index (χ0n) is 11.5. The summed E-state index contributed by atoms with van der Waals surface area (Å²) < 4.78 is 5.15. The SMILES string of the molecule is CNC(=O)c1ccc(N)c(N(CCOC)C2CC2)c1. The van der Waals surface area contributed by atoms with Crippen LogP contribution in [0.2, 0.25) is 0 Å². The summed E-state index contributed by atoms with van der Waals surface area (Å²) >= 11 is 0. The van der Waals surface area contributed by atoms with Gasteiger partial charge in [-0.15, -0.1) is 0 Å². The van der Waals surface area contributed by atoms with Gasteiger partial charge in [0.1, 0.15) is 0 Å². The zero-order chi connectivity index (χ0) is 13.8. The van der Waals surface area contributed by atoms with Crippen molar-refractivity contribution >= 4 is 17.3 Å². The van der Waals surface area contributed by atoms with E-state index in [-0.39, 0.29) is 5.91 Å². The molecule has 3 N–H and O–H groups in total. The summed E-state index contributed by atoms with van der Waals surface area (Å²) in [6, 6.07) is 5.93. The van der Waals surface area contributed by atoms with Crippen LogP contribution in [0.5, 0.6) is 0 Å². The molecule has 0 aromatic heterocycles. The fourth-order valence-corrected chi connectivity index (χ4v) is 2.15. The van der Waals surface area contributed by atoms with Crippen molar-refractivity contribution in [3.05, 3.63) is 23.8 Å². The molecule has 0 atom stereocenters. The maximum atomic E-state index is 11.7. The first-order valence-electron chi connectivity index (χ1n) is 6.54. The van der Waals surface area contributed by atoms with E-state index < -0.39 is 0 Å². The first-order chi connectivity index (χ1) is 9.17. The highest BCUT2D eigenvalue weighted by Crippen LogP contribution is 2.35. The highest BCUT2D eigenvalue weighted by atomic mass is 16.5. The van der Waals surface area contributed by atoms with Gasteiger partial charge in [-0.05, 0) is 31.0 Å². The van der Waals surface area contributed by atoms with Gasteiger partial charge in [0, 0.05) is 32.3 Å². The van der Waals surface area contributed by atoms with Crippen molar-refractivity contribution in [1.82, 2.24) is 5.32 Å². The number of anilines is 2. The molecule has 1 saturated carbocycles. The first-order valence-corrected chi connectivity index (χ1v) is 6.54. The Kier molecular flexibility index (Phi) is 4.27. The maximum absolute atomic E-state index is 11.7. The van der Waals surface area contributed by atoms with Crippen LogP contribution in [0, 0.1) is 0 Å². The van der Waals surface area contributed by atoms with Gasteiger partial charge >= 0.3 is 0 Å². The number of amides is 1. The van der Waals surface area contributed by atoms with Crippen LogP contribution in [0.25, 0.3) is 0 Å². The van der Waals surface area contributed by atoms with Crippen molar-refractivity contribution in [2.75, 3.05) is 37.9 Å². The molecule has 0 unspecified atom stereocenters. The van der Waals surface area contributed by atoms with Gasteiger partial charge < -0.3 is 20.7 Å². The lowest BCUT2D eigenvalue weighted by atomic mass is 10.1. The molecule has 1 fully saturated rings. The van der Waals surface area contributed by atoms with E-state index in [0.29, 0.717) is 23.9 Å². The van der Waals surface area contributed by atoms with E-state index in [1.54, 1.807) is 26.3 Å². The topological polar surface area (TPSA) is 67.6 Å². The van der Waals surface area contributed by atoms with Crippen molar-refractivity contribution in [2.24, 2.45) is 0 Å². The standard InChI is InChI=1S/C14H21N3O2/c1-16-14(18)10-3-6-12(15)13(9-10)17(7-8-19-2)11-4-5-11/h3,6,9,11H,4-5,7-8,15H2,1-2H3,(H,16,18). The Hall–Kier alpha value is -1.75. The second-order valence-corrected chi connectivity index (χ2v) is 4.77. The monoisotopic (exact) mass is 263 g/mol. The van der Waals surface area contributed by atoms with E-state index in [0.717, 1.165) is 12.2 Å². The molecule has 0 saturated heterocycles. The summed E-state index contributed by atoms with van der Waals surface area (Å²) in [7, 11) is 3.32. The Morgan fingerprint density at radius 2 is 2.26 bits per heavy atom. The van der Waals surface area contributed by atoms with Crippen LogP contribution in [0.3, 0.4) is 0 Å². The van der Waals surface area contributed by atoms with Gasteiger partial charge in [-0.3, -0.25) is 4.79 Å². The summed E-state index contributed by atoms with van der Waals surface area (Å²) in [6.45, 7) is 1.45. The molecular weight excluding hydrogens is 242 g/mol. The minimum atomic E-state index is -0.0938. The normalized spacial score (nSPS) is 14.2. The van der Waals surface area contributed by atoms with Crippen molar-refractivity contribution in [1.29, 1.82) is 0 Å². The Morgan fingerprint density at radius 1 is 1.53 bits per heavy atom. The smallest absolute Gasteiger partial charge is 0.251 e. The van der Waals surface area contributed by atoms with Crippen molar-refractivity contribution < 1.29 is 9.53 Å². The largest absolute Gasteiger partial charge is 0.397 e. The third-order valence-corrected chi connectivity index (χ3v) is 3.35. The number of nitrogens with two attached hydrogens (primary N) is 1. The molecule has 0 heterocycles. The van der Waals surface area contributed by atoms with Gasteiger partial charge in [0.25, 0.3) is 5.91 Å². The molecule has 1 aliphatic carbocycles. The lowest BCUT2D eigenvalue weighted by Crippen LogP contribution is -2.30. The first kappa shape index (κ1) is 13.7. The minimum Gasteiger partial charge on any atom is -0.397 e. The summed E-state index contributed by atoms with van der Waals surface area (Å²) in [6.07, 6.45) is 2.35. The lowest BCUT2D eigenvalue weighted by Gasteiger charge is -2.26. The van der Waals surface area contributed by atoms with E-state index in [4.69, 9.17) is 10.5 Å². The van der Waals surface area contributed by atoms with Gasteiger partial charge in [-0.1, -0.05) is 0 Å². The lowest BCUT2D eigenvalue weighted by molar-refractivity contribution is 0.0963. The van der Waals surface area contributed by atoms with Crippen LogP contribution < -0.4 is 16.0 Å². The van der Waals surface area contributed by atoms with E-state index >= 15 is 0 Å². The number of hydrogen-bond donors (Lipinski definition) is 2. The molecule has 1 aromatic rings. The van der Waals surface area contributed by atoms with E-state index in [1.165, 1.54) is 12.8 Å². The van der Waals surface area contributed by atoms with Crippen LogP contribution in [-0.4, -0.2) is 39.3 Å². The fraction of sp³-hybridized carbons (Fsp3) is 0.500. The number of carbonyl (C=O) groups excluding carboxylic acids is 1. The fourth-order valence-electron chi connectivity index (χ4n) is 2.15. The van der Waals surface area contributed by atoms with Crippen molar-refractivity contribution in [3.63, 3.8) is 0 Å². The van der Waals surface area contributed by atoms with Gasteiger partial charge in [-0.2, -0.15) is 0 Å². The maximum Gasteiger partial charge on any atom is 0.251 e. The van der Waals surface area contributed by atoms with E-state index in [9.17, 15) is 4.79 Å². The van der Waals surface area contributed by atoms with E-state index in [1.807, 2.05) is 6.07 Å². The molecule has 0 radical (unpaired) electrons. The molecular formula is C14H21N3O2. The van der Waals surface area contributed by atoms with Crippen LogP contribution in [0.4, 0.5) is 11.4 Å². The van der Waals surface area contributed by atoms with Gasteiger partial charge in [-0.25, -0.2) is 0 Å². The number of methoxy groups -OCH3 is 1. The molecule has 0 aliphatic heterocycles. The third-order valence-electron chi connectivity index (χ3n) is 3.35. The predicted octanol–water partition coefficient (Wildman–Crippen LogP) is 1.24. The summed E-state index contributed by atoms with van der Waals surface area (Å²) in [5, 5.41) is 2.63. The molecule has 5 heteroatoms. The molecule has 2 rings (SSSR count). The molecule has 1 aromatic carbocycles. The Labute approximate surface area is 113 Å². The van der Waals surface area contributed by atoms with Crippen molar-refractivity contribution in [2.45, 2.75) is 18.9 Å². The van der Waals surface area contributed by atoms with Crippen LogP contribution in [0.1, 0.15) is 23.2 Å². The average molecular weight is 263 g/mol. The second-order valence-electron chi connectivity index (χ2n) is 4.77. The second kappa shape index (κ2) is 5.93. The molecule has 0 bridgehead atoms. The molecule has 0 spiro atoms. The molecule has 5 nitrogen and oxygen atoms in total. The average Bonchev–Trinajstić information content (AvgIpc) is 3.24.